The Balaban J connectivity index is 0.00000264. The summed E-state index contributed by atoms with van der Waals surface area (Å²) in [5.74, 6) is 0.154. The summed E-state index contributed by atoms with van der Waals surface area (Å²) in [6.45, 7) is 2.05. The predicted octanol–water partition coefficient (Wildman–Crippen LogP) is 4.56. The van der Waals surface area contributed by atoms with Crippen LogP contribution in [0, 0.1) is 6.92 Å². The number of nitrogens with one attached hydrogen (secondary N) is 1. The van der Waals surface area contributed by atoms with E-state index in [4.69, 9.17) is 5.73 Å². The van der Waals surface area contributed by atoms with Crippen LogP contribution in [-0.4, -0.2) is 5.96 Å². The molecule has 0 radical (unpaired) electrons. The minimum atomic E-state index is -4.36. The zero-order valence-corrected chi connectivity index (χ0v) is 14.7. The Kier molecular flexibility index (Phi) is 6.86. The molecule has 2 aromatic carbocycles. The monoisotopic (exact) mass is 435 g/mol. The highest BCUT2D eigenvalue weighted by atomic mass is 127. The maximum atomic E-state index is 12.6. The second kappa shape index (κ2) is 8.19. The molecular formula is C16H17F3IN3. The molecule has 0 fully saturated rings. The lowest BCUT2D eigenvalue weighted by atomic mass is 10.1. The Morgan fingerprint density at radius 1 is 1.13 bits per heavy atom. The summed E-state index contributed by atoms with van der Waals surface area (Å²) < 4.78 is 37.8. The molecule has 3 nitrogen and oxygen atoms in total. The Bertz CT molecular complexity index is 667. The summed E-state index contributed by atoms with van der Waals surface area (Å²) in [5, 5.41) is 2.89. The van der Waals surface area contributed by atoms with Gasteiger partial charge in [0.15, 0.2) is 5.96 Å². The van der Waals surface area contributed by atoms with E-state index >= 15 is 0 Å². The van der Waals surface area contributed by atoms with E-state index in [0.29, 0.717) is 5.56 Å². The van der Waals surface area contributed by atoms with Crippen molar-refractivity contribution < 1.29 is 13.2 Å². The molecule has 124 valence electrons. The first-order valence-corrected chi connectivity index (χ1v) is 6.64. The maximum absolute atomic E-state index is 12.6. The van der Waals surface area contributed by atoms with Gasteiger partial charge in [-0.1, -0.05) is 29.8 Å². The molecule has 0 amide bonds. The van der Waals surface area contributed by atoms with Gasteiger partial charge in [-0.2, -0.15) is 13.2 Å². The molecule has 0 aliphatic heterocycles. The van der Waals surface area contributed by atoms with Crippen LogP contribution in [0.25, 0.3) is 0 Å². The zero-order chi connectivity index (χ0) is 16.2. The summed E-state index contributed by atoms with van der Waals surface area (Å²) >= 11 is 0. The van der Waals surface area contributed by atoms with Crippen molar-refractivity contribution in [3.8, 4) is 0 Å². The minimum Gasteiger partial charge on any atom is -0.370 e. The lowest BCUT2D eigenvalue weighted by Crippen LogP contribution is -2.22. The third-order valence-electron chi connectivity index (χ3n) is 3.01. The van der Waals surface area contributed by atoms with Gasteiger partial charge in [0.2, 0.25) is 0 Å². The molecule has 23 heavy (non-hydrogen) atoms. The normalized spacial score (nSPS) is 11.7. The van der Waals surface area contributed by atoms with Gasteiger partial charge in [-0.15, -0.1) is 24.0 Å². The molecule has 0 spiro atoms. The van der Waals surface area contributed by atoms with Crippen LogP contribution >= 0.6 is 24.0 Å². The van der Waals surface area contributed by atoms with Crippen LogP contribution in [0.15, 0.2) is 53.5 Å². The van der Waals surface area contributed by atoms with Gasteiger partial charge >= 0.3 is 6.18 Å². The van der Waals surface area contributed by atoms with Crippen molar-refractivity contribution in [1.82, 2.24) is 0 Å². The molecule has 3 N–H and O–H groups in total. The van der Waals surface area contributed by atoms with Gasteiger partial charge in [-0.05, 0) is 36.8 Å². The van der Waals surface area contributed by atoms with E-state index in [1.165, 1.54) is 6.07 Å². The first-order chi connectivity index (χ1) is 10.3. The molecule has 0 aliphatic rings. The summed E-state index contributed by atoms with van der Waals surface area (Å²) in [6, 6.07) is 12.6. The lowest BCUT2D eigenvalue weighted by Gasteiger charge is -2.08. The topological polar surface area (TPSA) is 50.4 Å². The smallest absolute Gasteiger partial charge is 0.370 e. The molecule has 0 saturated carbocycles. The third kappa shape index (κ3) is 6.09. The Labute approximate surface area is 149 Å². The van der Waals surface area contributed by atoms with Crippen molar-refractivity contribution in [3.63, 3.8) is 0 Å². The highest BCUT2D eigenvalue weighted by Gasteiger charge is 2.30. The van der Waals surface area contributed by atoms with Crippen LogP contribution in [0.2, 0.25) is 0 Å². The number of benzene rings is 2. The van der Waals surface area contributed by atoms with E-state index in [0.717, 1.165) is 23.4 Å². The SMILES string of the molecule is Cc1ccc(NC(N)=NCc2cccc(C(F)(F)F)c2)cc1.I. The zero-order valence-electron chi connectivity index (χ0n) is 12.4. The molecule has 2 aromatic rings. The number of anilines is 1. The average Bonchev–Trinajstić information content (AvgIpc) is 2.47. The number of hydrogen-bond donors (Lipinski definition) is 2. The predicted molar refractivity (Wildman–Crippen MR) is 97.0 cm³/mol. The number of nitrogens with two attached hydrogens (primary N) is 1. The maximum Gasteiger partial charge on any atom is 0.416 e. The fourth-order valence-corrected chi connectivity index (χ4v) is 1.85. The molecular weight excluding hydrogens is 418 g/mol. The van der Waals surface area contributed by atoms with Gasteiger partial charge in [0.05, 0.1) is 12.1 Å². The Morgan fingerprint density at radius 2 is 1.78 bits per heavy atom. The van der Waals surface area contributed by atoms with E-state index in [9.17, 15) is 13.2 Å². The fourth-order valence-electron chi connectivity index (χ4n) is 1.85. The van der Waals surface area contributed by atoms with E-state index in [-0.39, 0.29) is 36.5 Å². The summed E-state index contributed by atoms with van der Waals surface area (Å²) in [4.78, 5) is 4.05. The highest BCUT2D eigenvalue weighted by molar-refractivity contribution is 14.0. The van der Waals surface area contributed by atoms with Crippen molar-refractivity contribution in [2.24, 2.45) is 10.7 Å². The van der Waals surface area contributed by atoms with Gasteiger partial charge in [-0.25, -0.2) is 4.99 Å². The van der Waals surface area contributed by atoms with Gasteiger partial charge in [0.25, 0.3) is 0 Å². The molecule has 2 rings (SSSR count). The van der Waals surface area contributed by atoms with Crippen molar-refractivity contribution >= 4 is 35.6 Å². The van der Waals surface area contributed by atoms with Crippen molar-refractivity contribution in [3.05, 3.63) is 65.2 Å². The van der Waals surface area contributed by atoms with Gasteiger partial charge < -0.3 is 11.1 Å². The molecule has 0 saturated heterocycles. The third-order valence-corrected chi connectivity index (χ3v) is 3.01. The van der Waals surface area contributed by atoms with Crippen molar-refractivity contribution in [1.29, 1.82) is 0 Å². The quantitative estimate of drug-likeness (QED) is 0.422. The van der Waals surface area contributed by atoms with Crippen LogP contribution in [-0.2, 0) is 12.7 Å². The second-order valence-corrected chi connectivity index (χ2v) is 4.89. The standard InChI is InChI=1S/C16H16F3N3.HI/c1-11-5-7-14(8-6-11)22-15(20)21-10-12-3-2-4-13(9-12)16(17,18)19;/h2-9H,10H2,1H3,(H3,20,21,22);1H. The van der Waals surface area contributed by atoms with Crippen LogP contribution < -0.4 is 11.1 Å². The van der Waals surface area contributed by atoms with E-state index < -0.39 is 11.7 Å². The van der Waals surface area contributed by atoms with E-state index in [1.807, 2.05) is 31.2 Å². The summed E-state index contributed by atoms with van der Waals surface area (Å²) in [6.07, 6.45) is -4.36. The number of alkyl halides is 3. The van der Waals surface area contributed by atoms with E-state index in [2.05, 4.69) is 10.3 Å². The first-order valence-electron chi connectivity index (χ1n) is 6.64. The van der Waals surface area contributed by atoms with E-state index in [1.54, 1.807) is 6.07 Å². The average molecular weight is 435 g/mol. The van der Waals surface area contributed by atoms with Crippen LogP contribution in [0.3, 0.4) is 0 Å². The Hall–Kier alpha value is -1.77. The van der Waals surface area contributed by atoms with Crippen molar-refractivity contribution in [2.45, 2.75) is 19.6 Å². The highest BCUT2D eigenvalue weighted by Crippen LogP contribution is 2.29. The van der Waals surface area contributed by atoms with Gasteiger partial charge in [0, 0.05) is 5.69 Å². The fraction of sp³-hybridized carbons (Fsp3) is 0.188. The number of aliphatic imine (C=N–C) groups is 1. The molecule has 0 atom stereocenters. The van der Waals surface area contributed by atoms with Gasteiger partial charge in [-0.3, -0.25) is 0 Å². The van der Waals surface area contributed by atoms with Crippen LogP contribution in [0.4, 0.5) is 18.9 Å². The molecule has 0 bridgehead atoms. The number of guanidine groups is 1. The minimum absolute atomic E-state index is 0. The number of aryl methyl sites for hydroxylation is 1. The largest absolute Gasteiger partial charge is 0.416 e. The lowest BCUT2D eigenvalue weighted by molar-refractivity contribution is -0.137. The van der Waals surface area contributed by atoms with Crippen LogP contribution in [0.1, 0.15) is 16.7 Å². The van der Waals surface area contributed by atoms with Gasteiger partial charge in [0.1, 0.15) is 0 Å². The number of halogens is 4. The van der Waals surface area contributed by atoms with Crippen molar-refractivity contribution in [2.75, 3.05) is 5.32 Å². The number of nitrogens with zero attached hydrogens (tertiary/aromatic N) is 1. The first kappa shape index (κ1) is 19.3. The molecule has 0 aromatic heterocycles. The summed E-state index contributed by atoms with van der Waals surface area (Å²) in [5.41, 5.74) is 7.38. The second-order valence-electron chi connectivity index (χ2n) is 4.89. The molecule has 0 heterocycles. The number of hydrogen-bond acceptors (Lipinski definition) is 1. The molecule has 0 aliphatic carbocycles. The summed E-state index contributed by atoms with van der Waals surface area (Å²) in [7, 11) is 0. The number of rotatable bonds is 3. The molecule has 0 unspecified atom stereocenters. The Morgan fingerprint density at radius 3 is 2.39 bits per heavy atom. The molecule has 7 heteroatoms. The van der Waals surface area contributed by atoms with Crippen LogP contribution in [0.5, 0.6) is 0 Å².